The lowest BCUT2D eigenvalue weighted by Gasteiger charge is -2.19. The molecule has 0 spiro atoms. The fourth-order valence-corrected chi connectivity index (χ4v) is 4.24. The highest BCUT2D eigenvalue weighted by molar-refractivity contribution is 5.66. The van der Waals surface area contributed by atoms with E-state index in [9.17, 15) is 39.5 Å². The van der Waals surface area contributed by atoms with Crippen molar-refractivity contribution < 1.29 is 44.3 Å². The zero-order valence-electron chi connectivity index (χ0n) is 20.9. The second-order valence-electron chi connectivity index (χ2n) is 9.12. The van der Waals surface area contributed by atoms with Gasteiger partial charge in [-0.2, -0.15) is 8.78 Å². The van der Waals surface area contributed by atoms with Crippen LogP contribution in [-0.4, -0.2) is 6.11 Å². The molecule has 0 aliphatic carbocycles. The van der Waals surface area contributed by atoms with E-state index in [2.05, 4.69) is 4.74 Å². The zero-order valence-corrected chi connectivity index (χ0v) is 20.9. The van der Waals surface area contributed by atoms with Crippen LogP contribution in [0.25, 0.3) is 22.3 Å². The van der Waals surface area contributed by atoms with Gasteiger partial charge in [-0.05, 0) is 59.4 Å². The molecule has 10 heteroatoms. The van der Waals surface area contributed by atoms with Crippen molar-refractivity contribution in [2.75, 3.05) is 0 Å². The van der Waals surface area contributed by atoms with E-state index in [1.54, 1.807) is 12.1 Å². The van der Waals surface area contributed by atoms with Crippen molar-refractivity contribution in [2.45, 2.75) is 38.7 Å². The molecule has 40 heavy (non-hydrogen) atoms. The molecule has 1 nitrogen and oxygen atoms in total. The summed E-state index contributed by atoms with van der Waals surface area (Å²) in [6.45, 7) is 2.01. The molecule has 0 aromatic heterocycles. The first-order valence-electron chi connectivity index (χ1n) is 12.2. The van der Waals surface area contributed by atoms with E-state index >= 15 is 0 Å². The van der Waals surface area contributed by atoms with Gasteiger partial charge in [0.05, 0.1) is 12.0 Å². The third kappa shape index (κ3) is 6.43. The second-order valence-corrected chi connectivity index (χ2v) is 9.12. The molecule has 0 aliphatic rings. The Labute approximate surface area is 223 Å². The van der Waals surface area contributed by atoms with E-state index in [0.29, 0.717) is 29.8 Å². The quantitative estimate of drug-likeness (QED) is 0.144. The molecule has 210 valence electrons. The summed E-state index contributed by atoms with van der Waals surface area (Å²) in [6, 6.07) is 10.5. The van der Waals surface area contributed by atoms with Crippen molar-refractivity contribution in [3.05, 3.63) is 113 Å². The lowest BCUT2D eigenvalue weighted by atomic mass is 9.99. The van der Waals surface area contributed by atoms with Crippen LogP contribution in [0.2, 0.25) is 0 Å². The van der Waals surface area contributed by atoms with Crippen LogP contribution >= 0.6 is 0 Å². The fourth-order valence-electron chi connectivity index (χ4n) is 4.24. The summed E-state index contributed by atoms with van der Waals surface area (Å²) in [7, 11) is 0. The smallest absolute Gasteiger partial charge is 0.398 e. The number of ether oxygens (including phenoxy) is 1. The highest BCUT2D eigenvalue weighted by Crippen LogP contribution is 2.35. The minimum atomic E-state index is -4.11. The van der Waals surface area contributed by atoms with Gasteiger partial charge in [0.1, 0.15) is 29.0 Å². The first-order valence-corrected chi connectivity index (χ1v) is 12.2. The van der Waals surface area contributed by atoms with E-state index in [-0.39, 0.29) is 5.56 Å². The largest absolute Gasteiger partial charge is 0.432 e. The van der Waals surface area contributed by atoms with Crippen molar-refractivity contribution >= 4 is 0 Å². The van der Waals surface area contributed by atoms with E-state index in [1.165, 1.54) is 0 Å². The third-order valence-electron chi connectivity index (χ3n) is 6.19. The van der Waals surface area contributed by atoms with Crippen LogP contribution in [-0.2, 0) is 12.8 Å². The monoisotopic (exact) mass is 568 g/mol. The maximum atomic E-state index is 14.7. The van der Waals surface area contributed by atoms with Crippen molar-refractivity contribution in [2.24, 2.45) is 0 Å². The fraction of sp³-hybridized carbons (Fsp3) is 0.200. The maximum Gasteiger partial charge on any atom is 0.398 e. The molecule has 0 saturated heterocycles. The summed E-state index contributed by atoms with van der Waals surface area (Å²) in [5, 5.41) is 0. The summed E-state index contributed by atoms with van der Waals surface area (Å²) in [6.07, 6.45) is -4.39. The maximum absolute atomic E-state index is 14.7. The van der Waals surface area contributed by atoms with Gasteiger partial charge in [-0.1, -0.05) is 37.6 Å². The van der Waals surface area contributed by atoms with Crippen LogP contribution in [0.3, 0.4) is 0 Å². The molecule has 0 unspecified atom stereocenters. The van der Waals surface area contributed by atoms with Crippen LogP contribution in [0.1, 0.15) is 30.9 Å². The van der Waals surface area contributed by atoms with Crippen molar-refractivity contribution in [1.29, 1.82) is 0 Å². The molecule has 0 atom stereocenters. The van der Waals surface area contributed by atoms with Gasteiger partial charge in [-0.15, -0.1) is 0 Å². The van der Waals surface area contributed by atoms with Gasteiger partial charge in [-0.3, -0.25) is 0 Å². The third-order valence-corrected chi connectivity index (χ3v) is 6.19. The Morgan fingerprint density at radius 2 is 1.12 bits per heavy atom. The molecule has 0 bridgehead atoms. The molecule has 4 rings (SSSR count). The predicted molar refractivity (Wildman–Crippen MR) is 131 cm³/mol. The first-order chi connectivity index (χ1) is 18.9. The minimum Gasteiger partial charge on any atom is -0.432 e. The lowest BCUT2D eigenvalue weighted by molar-refractivity contribution is -0.180. The Hall–Kier alpha value is -3.95. The number of aryl methyl sites for hydroxylation is 1. The normalized spacial score (nSPS) is 11.7. The van der Waals surface area contributed by atoms with Gasteiger partial charge >= 0.3 is 6.11 Å². The molecule has 4 aromatic rings. The standard InChI is InChI=1S/C30H21F9O/c1-2-3-16-4-6-17(7-5-16)18-10-22(31)21(23(32)11-18)8-9-30(38,39)40-20-14-24(33)28(25(34)15-20)19-12-26(35)29(37)27(36)13-19/h4-7,10-15H,2-3,8-9H2,1H3. The molecule has 0 amide bonds. The summed E-state index contributed by atoms with van der Waals surface area (Å²) in [5.74, 6) is -11.4. The summed E-state index contributed by atoms with van der Waals surface area (Å²) < 4.78 is 132. The number of hydrogen-bond acceptors (Lipinski definition) is 1. The van der Waals surface area contributed by atoms with Crippen molar-refractivity contribution in [3.8, 4) is 28.0 Å². The van der Waals surface area contributed by atoms with Crippen molar-refractivity contribution in [3.63, 3.8) is 0 Å². The molecule has 0 heterocycles. The molecule has 0 saturated carbocycles. The van der Waals surface area contributed by atoms with E-state index in [1.807, 2.05) is 19.1 Å². The summed E-state index contributed by atoms with van der Waals surface area (Å²) in [5.41, 5.74) is -0.525. The molecule has 0 aliphatic heterocycles. The van der Waals surface area contributed by atoms with Crippen LogP contribution in [0, 0.1) is 40.7 Å². The lowest BCUT2D eigenvalue weighted by Crippen LogP contribution is -2.26. The highest BCUT2D eigenvalue weighted by Gasteiger charge is 2.33. The average Bonchev–Trinajstić information content (AvgIpc) is 2.86. The topological polar surface area (TPSA) is 9.23 Å². The number of hydrogen-bond donors (Lipinski definition) is 0. The van der Waals surface area contributed by atoms with E-state index < -0.39 is 82.1 Å². The molecule has 0 radical (unpaired) electrons. The van der Waals surface area contributed by atoms with Gasteiger partial charge in [0.25, 0.3) is 0 Å². The molecule has 0 N–H and O–H groups in total. The number of alkyl halides is 2. The van der Waals surface area contributed by atoms with Gasteiger partial charge in [-0.25, -0.2) is 30.7 Å². The Kier molecular flexibility index (Phi) is 8.46. The first kappa shape index (κ1) is 29.0. The zero-order chi connectivity index (χ0) is 29.2. The summed E-state index contributed by atoms with van der Waals surface area (Å²) in [4.78, 5) is 0. The van der Waals surface area contributed by atoms with Gasteiger partial charge in [0.2, 0.25) is 0 Å². The number of rotatable bonds is 9. The van der Waals surface area contributed by atoms with Crippen molar-refractivity contribution in [1.82, 2.24) is 0 Å². The second kappa shape index (κ2) is 11.7. The SMILES string of the molecule is CCCc1ccc(-c2cc(F)c(CCC(F)(F)Oc3cc(F)c(-c4cc(F)c(F)c(F)c4)c(F)c3)c(F)c2)cc1. The Bertz CT molecular complexity index is 1460. The summed E-state index contributed by atoms with van der Waals surface area (Å²) >= 11 is 0. The molecular formula is C30H21F9O. The predicted octanol–water partition coefficient (Wildman–Crippen LogP) is 9.55. The number of halogens is 9. The van der Waals surface area contributed by atoms with Gasteiger partial charge in [0.15, 0.2) is 17.5 Å². The Morgan fingerprint density at radius 3 is 1.65 bits per heavy atom. The molecular weight excluding hydrogens is 547 g/mol. The Balaban J connectivity index is 1.49. The van der Waals surface area contributed by atoms with Crippen LogP contribution in [0.4, 0.5) is 39.5 Å². The molecule has 0 fully saturated rings. The van der Waals surface area contributed by atoms with E-state index in [0.717, 1.165) is 30.5 Å². The van der Waals surface area contributed by atoms with Crippen LogP contribution < -0.4 is 4.74 Å². The van der Waals surface area contributed by atoms with Crippen LogP contribution in [0.5, 0.6) is 5.75 Å². The van der Waals surface area contributed by atoms with Gasteiger partial charge < -0.3 is 4.74 Å². The van der Waals surface area contributed by atoms with E-state index in [4.69, 9.17) is 0 Å². The highest BCUT2D eigenvalue weighted by atomic mass is 19.3. The van der Waals surface area contributed by atoms with Crippen LogP contribution in [0.15, 0.2) is 60.7 Å². The van der Waals surface area contributed by atoms with Gasteiger partial charge in [0, 0.05) is 17.7 Å². The average molecular weight is 568 g/mol. The Morgan fingerprint density at radius 1 is 0.600 bits per heavy atom. The minimum absolute atomic E-state index is 0.219. The number of benzene rings is 4. The molecule has 4 aromatic carbocycles.